The summed E-state index contributed by atoms with van der Waals surface area (Å²) in [5.74, 6) is 1.57. The summed E-state index contributed by atoms with van der Waals surface area (Å²) in [7, 11) is 5.65. The molecule has 0 aliphatic rings. The van der Waals surface area contributed by atoms with Crippen molar-refractivity contribution in [1.29, 1.82) is 0 Å². The Labute approximate surface area is 180 Å². The largest absolute Gasteiger partial charge is 0.494 e. The first kappa shape index (κ1) is 20.7. The van der Waals surface area contributed by atoms with Crippen LogP contribution in [0.5, 0.6) is 5.75 Å². The molecule has 0 aliphatic carbocycles. The molecule has 0 saturated heterocycles. The summed E-state index contributed by atoms with van der Waals surface area (Å²) in [5, 5.41) is 4.24. The Balaban J connectivity index is 1.90. The molecular weight excluding hydrogens is 393 g/mol. The summed E-state index contributed by atoms with van der Waals surface area (Å²) in [4.78, 5) is 15.8. The van der Waals surface area contributed by atoms with Crippen molar-refractivity contribution in [3.63, 3.8) is 0 Å². The summed E-state index contributed by atoms with van der Waals surface area (Å²) < 4.78 is 19.5. The first-order chi connectivity index (χ1) is 15.0. The lowest BCUT2D eigenvalue weighted by atomic mass is 10.0. The molecule has 158 valence electrons. The van der Waals surface area contributed by atoms with Crippen LogP contribution in [-0.2, 0) is 0 Å². The highest BCUT2D eigenvalue weighted by atomic mass is 19.1. The van der Waals surface area contributed by atoms with Gasteiger partial charge in [-0.15, -0.1) is 0 Å². The molecular formula is C24H24FN5O. The fourth-order valence-corrected chi connectivity index (χ4v) is 3.35. The lowest BCUT2D eigenvalue weighted by molar-refractivity contribution is 0.419. The van der Waals surface area contributed by atoms with Crippen molar-refractivity contribution >= 4 is 16.7 Å². The van der Waals surface area contributed by atoms with Crippen LogP contribution >= 0.6 is 0 Å². The number of ether oxygens (including phenoxy) is 1. The average molecular weight is 417 g/mol. The average Bonchev–Trinajstić information content (AvgIpc) is 2.78. The Bertz CT molecular complexity index is 1200. The summed E-state index contributed by atoms with van der Waals surface area (Å²) in [5.41, 5.74) is 3.09. The van der Waals surface area contributed by atoms with E-state index in [1.807, 2.05) is 44.4 Å². The molecule has 1 N–H and O–H groups in total. The molecule has 2 heterocycles. The monoisotopic (exact) mass is 417 g/mol. The maximum Gasteiger partial charge on any atom is 0.163 e. The van der Waals surface area contributed by atoms with Gasteiger partial charge in [-0.2, -0.15) is 0 Å². The third kappa shape index (κ3) is 4.62. The van der Waals surface area contributed by atoms with Gasteiger partial charge in [0.05, 0.1) is 7.11 Å². The smallest absolute Gasteiger partial charge is 0.163 e. The third-order valence-electron chi connectivity index (χ3n) is 4.91. The summed E-state index contributed by atoms with van der Waals surface area (Å²) in [6.07, 6.45) is 3.45. The maximum atomic E-state index is 13.8. The van der Waals surface area contributed by atoms with Gasteiger partial charge in [0.1, 0.15) is 22.9 Å². The first-order valence-corrected chi connectivity index (χ1v) is 10.00. The number of likely N-dealkylation sites (N-methyl/N-ethyl adjacent to an activating group) is 1. The van der Waals surface area contributed by atoms with E-state index in [0.29, 0.717) is 29.5 Å². The van der Waals surface area contributed by atoms with Crippen molar-refractivity contribution in [2.45, 2.75) is 0 Å². The number of hydrogen-bond donors (Lipinski definition) is 1. The van der Waals surface area contributed by atoms with Gasteiger partial charge >= 0.3 is 0 Å². The van der Waals surface area contributed by atoms with Crippen molar-refractivity contribution < 1.29 is 9.13 Å². The number of fused-ring (bicyclic) bond motifs is 1. The summed E-state index contributed by atoms with van der Waals surface area (Å²) in [6, 6.07) is 14.1. The lowest BCUT2D eigenvalue weighted by Crippen LogP contribution is -2.21. The topological polar surface area (TPSA) is 63.2 Å². The fourth-order valence-electron chi connectivity index (χ4n) is 3.35. The molecule has 0 bridgehead atoms. The number of methoxy groups -OCH3 is 1. The van der Waals surface area contributed by atoms with Crippen LogP contribution in [0, 0.1) is 5.82 Å². The molecule has 0 fully saturated rings. The number of benzene rings is 2. The number of nitrogens with one attached hydrogen (secondary N) is 1. The Morgan fingerprint density at radius 3 is 2.55 bits per heavy atom. The van der Waals surface area contributed by atoms with E-state index in [-0.39, 0.29) is 5.82 Å². The minimum atomic E-state index is -0.288. The molecule has 4 aromatic rings. The number of anilines is 1. The van der Waals surface area contributed by atoms with Crippen LogP contribution < -0.4 is 10.1 Å². The van der Waals surface area contributed by atoms with Gasteiger partial charge < -0.3 is 15.0 Å². The second-order valence-corrected chi connectivity index (χ2v) is 7.45. The standard InChI is InChI=1S/C24H24FN5O/c1-30(2)11-10-27-24-20-13-18(16-6-4-8-19(25)12-16)14-21(31-3)22(20)28-23(29-24)17-7-5-9-26-15-17/h4-9,12-15H,10-11H2,1-3H3,(H,27,28,29). The zero-order chi connectivity index (χ0) is 21.8. The van der Waals surface area contributed by atoms with Gasteiger partial charge in [-0.1, -0.05) is 12.1 Å². The van der Waals surface area contributed by atoms with E-state index in [4.69, 9.17) is 14.7 Å². The quantitative estimate of drug-likeness (QED) is 0.478. The fraction of sp³-hybridized carbons (Fsp3) is 0.208. The predicted molar refractivity (Wildman–Crippen MR) is 122 cm³/mol. The number of nitrogens with zero attached hydrogens (tertiary/aromatic N) is 4. The molecule has 31 heavy (non-hydrogen) atoms. The van der Waals surface area contributed by atoms with E-state index in [9.17, 15) is 4.39 Å². The molecule has 0 radical (unpaired) electrons. The van der Waals surface area contributed by atoms with Crippen molar-refractivity contribution in [3.05, 3.63) is 66.7 Å². The number of rotatable bonds is 7. The van der Waals surface area contributed by atoms with E-state index < -0.39 is 0 Å². The van der Waals surface area contributed by atoms with Gasteiger partial charge in [-0.3, -0.25) is 4.98 Å². The second-order valence-electron chi connectivity index (χ2n) is 7.45. The van der Waals surface area contributed by atoms with Gasteiger partial charge in [-0.25, -0.2) is 14.4 Å². The van der Waals surface area contributed by atoms with Gasteiger partial charge in [0.25, 0.3) is 0 Å². The van der Waals surface area contributed by atoms with E-state index in [1.54, 1.807) is 25.6 Å². The molecule has 2 aromatic heterocycles. The van der Waals surface area contributed by atoms with Gasteiger partial charge in [0.15, 0.2) is 5.82 Å². The molecule has 0 atom stereocenters. The molecule has 0 saturated carbocycles. The molecule has 2 aromatic carbocycles. The molecule has 7 heteroatoms. The zero-order valence-electron chi connectivity index (χ0n) is 17.8. The van der Waals surface area contributed by atoms with Crippen LogP contribution in [0.2, 0.25) is 0 Å². The first-order valence-electron chi connectivity index (χ1n) is 10.00. The van der Waals surface area contributed by atoms with Crippen LogP contribution in [0.4, 0.5) is 10.2 Å². The van der Waals surface area contributed by atoms with E-state index >= 15 is 0 Å². The Morgan fingerprint density at radius 1 is 1.00 bits per heavy atom. The van der Waals surface area contributed by atoms with Gasteiger partial charge in [0, 0.05) is 36.4 Å². The summed E-state index contributed by atoms with van der Waals surface area (Å²) >= 11 is 0. The Kier molecular flexibility index (Phi) is 6.04. The number of halogens is 1. The number of hydrogen-bond acceptors (Lipinski definition) is 6. The van der Waals surface area contributed by atoms with Crippen LogP contribution in [0.25, 0.3) is 33.4 Å². The minimum Gasteiger partial charge on any atom is -0.494 e. The number of pyridine rings is 1. The van der Waals surface area contributed by atoms with Crippen molar-refractivity contribution in [2.24, 2.45) is 0 Å². The van der Waals surface area contributed by atoms with Gasteiger partial charge in [-0.05, 0) is 61.6 Å². The van der Waals surface area contributed by atoms with E-state index in [0.717, 1.165) is 28.6 Å². The molecule has 6 nitrogen and oxygen atoms in total. The maximum absolute atomic E-state index is 13.8. The zero-order valence-corrected chi connectivity index (χ0v) is 17.8. The predicted octanol–water partition coefficient (Wildman–Crippen LogP) is 4.48. The van der Waals surface area contributed by atoms with Crippen molar-refractivity contribution in [3.8, 4) is 28.3 Å². The highest BCUT2D eigenvalue weighted by Crippen LogP contribution is 2.36. The molecule has 0 aliphatic heterocycles. The highest BCUT2D eigenvalue weighted by Gasteiger charge is 2.16. The summed E-state index contributed by atoms with van der Waals surface area (Å²) in [6.45, 7) is 1.55. The SMILES string of the molecule is COc1cc(-c2cccc(F)c2)cc2c(NCCN(C)C)nc(-c3cccnc3)nc12. The van der Waals surface area contributed by atoms with Crippen LogP contribution in [-0.4, -0.2) is 54.1 Å². The molecule has 4 rings (SSSR count). The lowest BCUT2D eigenvalue weighted by Gasteiger charge is -2.16. The number of aromatic nitrogens is 3. The van der Waals surface area contributed by atoms with Crippen molar-refractivity contribution in [1.82, 2.24) is 19.9 Å². The Hall–Kier alpha value is -3.58. The van der Waals surface area contributed by atoms with E-state index in [1.165, 1.54) is 12.1 Å². The van der Waals surface area contributed by atoms with Gasteiger partial charge in [0.2, 0.25) is 0 Å². The molecule has 0 spiro atoms. The Morgan fingerprint density at radius 2 is 1.84 bits per heavy atom. The third-order valence-corrected chi connectivity index (χ3v) is 4.91. The highest BCUT2D eigenvalue weighted by molar-refractivity contribution is 5.97. The van der Waals surface area contributed by atoms with Crippen LogP contribution in [0.15, 0.2) is 60.9 Å². The second kappa shape index (κ2) is 9.06. The molecule has 0 unspecified atom stereocenters. The normalized spacial score (nSPS) is 11.1. The van der Waals surface area contributed by atoms with Crippen LogP contribution in [0.3, 0.4) is 0 Å². The van der Waals surface area contributed by atoms with E-state index in [2.05, 4.69) is 15.2 Å². The molecule has 0 amide bonds. The minimum absolute atomic E-state index is 0.288. The van der Waals surface area contributed by atoms with Crippen LogP contribution in [0.1, 0.15) is 0 Å². The van der Waals surface area contributed by atoms with Crippen molar-refractivity contribution in [2.75, 3.05) is 39.6 Å².